The molecule has 0 fully saturated rings. The number of thiazole rings is 1. The van der Waals surface area contributed by atoms with E-state index in [1.165, 1.54) is 16.3 Å². The molecule has 2 aromatic rings. The van der Waals surface area contributed by atoms with E-state index in [1.807, 2.05) is 6.20 Å². The van der Waals surface area contributed by atoms with E-state index in [0.717, 1.165) is 25.3 Å². The van der Waals surface area contributed by atoms with E-state index in [1.54, 1.807) is 11.3 Å². The minimum Gasteiger partial charge on any atom is -0.343 e. The largest absolute Gasteiger partial charge is 0.343 e. The summed E-state index contributed by atoms with van der Waals surface area (Å²) in [6.07, 6.45) is 4.09. The molecule has 0 saturated heterocycles. The van der Waals surface area contributed by atoms with Crippen LogP contribution in [0.5, 0.6) is 0 Å². The molecule has 0 bridgehead atoms. The Morgan fingerprint density at radius 1 is 1.33 bits per heavy atom. The number of rotatable bonds is 5. The van der Waals surface area contributed by atoms with Gasteiger partial charge in [0, 0.05) is 36.0 Å². The Morgan fingerprint density at radius 2 is 2.17 bits per heavy atom. The second kappa shape index (κ2) is 5.58. The monoisotopic (exact) mass is 266 g/mol. The average Bonchev–Trinajstić information content (AvgIpc) is 2.95. The second-order valence-corrected chi connectivity index (χ2v) is 6.27. The molecule has 1 N–H and O–H groups in total. The van der Waals surface area contributed by atoms with E-state index in [0.29, 0.717) is 0 Å². The van der Waals surface area contributed by atoms with Crippen LogP contribution in [-0.4, -0.2) is 21.7 Å². The fourth-order valence-corrected chi connectivity index (χ4v) is 2.39. The van der Waals surface area contributed by atoms with Gasteiger partial charge in [0.25, 0.3) is 0 Å². The molecule has 98 valence electrons. The second-order valence-electron chi connectivity index (χ2n) is 5.16. The summed E-state index contributed by atoms with van der Waals surface area (Å²) < 4.78 is 4.67. The van der Waals surface area contributed by atoms with Gasteiger partial charge >= 0.3 is 0 Å². The average molecular weight is 266 g/mol. The summed E-state index contributed by atoms with van der Waals surface area (Å²) in [6, 6.07) is 0. The van der Waals surface area contributed by atoms with Gasteiger partial charge in [-0.25, -0.2) is 4.98 Å². The van der Waals surface area contributed by atoms with Crippen LogP contribution in [0.1, 0.15) is 36.5 Å². The summed E-state index contributed by atoms with van der Waals surface area (Å²) in [6.45, 7) is 8.21. The fraction of sp³-hybridized carbons (Fsp3) is 0.583. The van der Waals surface area contributed by atoms with Crippen LogP contribution in [0.25, 0.3) is 0 Å². The highest BCUT2D eigenvalue weighted by Crippen LogP contribution is 2.26. The molecular weight excluding hydrogens is 248 g/mol. The van der Waals surface area contributed by atoms with Gasteiger partial charge in [-0.15, -0.1) is 11.3 Å². The predicted molar refractivity (Wildman–Crippen MR) is 70.5 cm³/mol. The van der Waals surface area contributed by atoms with Crippen molar-refractivity contribution in [1.29, 1.82) is 0 Å². The van der Waals surface area contributed by atoms with E-state index in [-0.39, 0.29) is 5.41 Å². The van der Waals surface area contributed by atoms with Crippen LogP contribution < -0.4 is 5.32 Å². The molecular formula is C12H18N4OS. The Kier molecular flexibility index (Phi) is 4.08. The highest BCUT2D eigenvalue weighted by atomic mass is 32.1. The number of nitrogens with one attached hydrogen (secondary N) is 1. The van der Waals surface area contributed by atoms with Crippen molar-refractivity contribution in [3.63, 3.8) is 0 Å². The normalized spacial score (nSPS) is 11.9. The highest BCUT2D eigenvalue weighted by molar-refractivity contribution is 7.11. The van der Waals surface area contributed by atoms with Gasteiger partial charge in [-0.05, 0) is 0 Å². The number of aromatic nitrogens is 3. The maximum absolute atomic E-state index is 4.67. The van der Waals surface area contributed by atoms with Crippen molar-refractivity contribution in [3.8, 4) is 0 Å². The Bertz CT molecular complexity index is 472. The maximum Gasteiger partial charge on any atom is 0.213 e. The summed E-state index contributed by atoms with van der Waals surface area (Å²) in [5, 5.41) is 8.29. The van der Waals surface area contributed by atoms with Crippen molar-refractivity contribution in [2.24, 2.45) is 0 Å². The zero-order valence-electron chi connectivity index (χ0n) is 10.9. The molecule has 0 aromatic carbocycles. The van der Waals surface area contributed by atoms with Gasteiger partial charge < -0.3 is 9.84 Å². The zero-order valence-corrected chi connectivity index (χ0v) is 11.8. The number of hydrogen-bond donors (Lipinski definition) is 1. The summed E-state index contributed by atoms with van der Waals surface area (Å²) in [7, 11) is 0. The molecule has 6 heteroatoms. The molecule has 0 aliphatic carbocycles. The first-order valence-corrected chi connectivity index (χ1v) is 6.78. The van der Waals surface area contributed by atoms with E-state index < -0.39 is 0 Å². The van der Waals surface area contributed by atoms with Crippen LogP contribution in [0.15, 0.2) is 17.1 Å². The van der Waals surface area contributed by atoms with Gasteiger partial charge in [0.2, 0.25) is 6.39 Å². The van der Waals surface area contributed by atoms with Crippen molar-refractivity contribution in [2.45, 2.75) is 39.2 Å². The lowest BCUT2D eigenvalue weighted by molar-refractivity contribution is 0.409. The van der Waals surface area contributed by atoms with Crippen molar-refractivity contribution < 1.29 is 4.52 Å². The van der Waals surface area contributed by atoms with Gasteiger partial charge in [-0.2, -0.15) is 4.98 Å². The van der Waals surface area contributed by atoms with E-state index in [2.05, 4.69) is 45.7 Å². The smallest absolute Gasteiger partial charge is 0.213 e. The van der Waals surface area contributed by atoms with E-state index in [9.17, 15) is 0 Å². The molecule has 0 spiro atoms. The molecule has 0 aliphatic heterocycles. The van der Waals surface area contributed by atoms with Gasteiger partial charge in [0.1, 0.15) is 0 Å². The third-order valence-corrected chi connectivity index (χ3v) is 3.85. The van der Waals surface area contributed by atoms with Crippen molar-refractivity contribution in [3.05, 3.63) is 28.3 Å². The molecule has 0 radical (unpaired) electrons. The fourth-order valence-electron chi connectivity index (χ4n) is 1.45. The Morgan fingerprint density at radius 3 is 2.78 bits per heavy atom. The first-order valence-electron chi connectivity index (χ1n) is 5.97. The molecule has 0 unspecified atom stereocenters. The topological polar surface area (TPSA) is 63.8 Å². The molecule has 5 nitrogen and oxygen atoms in total. The van der Waals surface area contributed by atoms with Gasteiger partial charge in [0.05, 0.1) is 5.01 Å². The van der Waals surface area contributed by atoms with Crippen LogP contribution in [0.2, 0.25) is 0 Å². The third-order valence-electron chi connectivity index (χ3n) is 2.43. The molecule has 2 heterocycles. The lowest BCUT2D eigenvalue weighted by Gasteiger charge is -2.13. The molecule has 2 aromatic heterocycles. The third kappa shape index (κ3) is 3.61. The highest BCUT2D eigenvalue weighted by Gasteiger charge is 2.17. The van der Waals surface area contributed by atoms with Gasteiger partial charge in [0.15, 0.2) is 5.82 Å². The molecule has 0 saturated carbocycles. The van der Waals surface area contributed by atoms with Crippen LogP contribution in [0, 0.1) is 0 Å². The first-order chi connectivity index (χ1) is 8.55. The van der Waals surface area contributed by atoms with Gasteiger partial charge in [-0.1, -0.05) is 25.9 Å². The van der Waals surface area contributed by atoms with E-state index in [4.69, 9.17) is 0 Å². The molecule has 0 amide bonds. The van der Waals surface area contributed by atoms with Gasteiger partial charge in [-0.3, -0.25) is 0 Å². The standard InChI is InChI=1S/C12H18N4OS/c1-12(2,3)11-14-7-9(18-11)6-13-5-4-10-15-8-17-16-10/h7-8,13H,4-6H2,1-3H3. The Hall–Kier alpha value is -1.27. The van der Waals surface area contributed by atoms with Crippen LogP contribution in [-0.2, 0) is 18.4 Å². The Labute approximate surface area is 111 Å². The minimum absolute atomic E-state index is 0.132. The quantitative estimate of drug-likeness (QED) is 0.840. The minimum atomic E-state index is 0.132. The summed E-state index contributed by atoms with van der Waals surface area (Å²) in [5.41, 5.74) is 0.132. The lowest BCUT2D eigenvalue weighted by Crippen LogP contribution is -2.16. The Balaban J connectivity index is 1.75. The maximum atomic E-state index is 4.67. The van der Waals surface area contributed by atoms with Crippen LogP contribution in [0.3, 0.4) is 0 Å². The molecule has 0 atom stereocenters. The summed E-state index contributed by atoms with van der Waals surface area (Å²) in [5.74, 6) is 0.738. The van der Waals surface area contributed by atoms with Crippen molar-refractivity contribution >= 4 is 11.3 Å². The SMILES string of the molecule is CC(C)(C)c1ncc(CNCCc2ncon2)s1. The van der Waals surface area contributed by atoms with Crippen molar-refractivity contribution in [2.75, 3.05) is 6.54 Å². The van der Waals surface area contributed by atoms with E-state index >= 15 is 0 Å². The summed E-state index contributed by atoms with van der Waals surface area (Å²) in [4.78, 5) is 9.68. The number of hydrogen-bond acceptors (Lipinski definition) is 6. The first kappa shape index (κ1) is 13.2. The molecule has 18 heavy (non-hydrogen) atoms. The van der Waals surface area contributed by atoms with Crippen LogP contribution >= 0.6 is 11.3 Å². The molecule has 0 aliphatic rings. The van der Waals surface area contributed by atoms with Crippen LogP contribution in [0.4, 0.5) is 0 Å². The zero-order chi connectivity index (χ0) is 13.0. The molecule has 2 rings (SSSR count). The lowest BCUT2D eigenvalue weighted by atomic mass is 9.98. The summed E-state index contributed by atoms with van der Waals surface area (Å²) >= 11 is 1.76. The van der Waals surface area contributed by atoms with Crippen molar-refractivity contribution in [1.82, 2.24) is 20.4 Å². The number of nitrogens with zero attached hydrogens (tertiary/aromatic N) is 3. The predicted octanol–water partition coefficient (Wildman–Crippen LogP) is 2.16.